The molecule has 4 heteroatoms. The number of nitrogens with two attached hydrogens (primary N) is 1. The van der Waals surface area contributed by atoms with Crippen LogP contribution in [0.15, 0.2) is 0 Å². The number of aryl methyl sites for hydroxylation is 1. The minimum Gasteiger partial charge on any atom is -0.325 e. The van der Waals surface area contributed by atoms with E-state index in [1.54, 1.807) is 0 Å². The van der Waals surface area contributed by atoms with Gasteiger partial charge in [-0.3, -0.25) is 4.68 Å². The zero-order valence-corrected chi connectivity index (χ0v) is 7.30. The Balaban J connectivity index is 2.46. The van der Waals surface area contributed by atoms with E-state index in [0.717, 1.165) is 25.2 Å². The summed E-state index contributed by atoms with van der Waals surface area (Å²) < 4.78 is 1.90. The first kappa shape index (κ1) is 7.76. The predicted octanol–water partition coefficient (Wildman–Crippen LogP) is -0.476. The number of rotatable bonds is 1. The van der Waals surface area contributed by atoms with Crippen LogP contribution in [0.2, 0.25) is 0 Å². The molecule has 2 rings (SSSR count). The second-order valence-electron chi connectivity index (χ2n) is 3.13. The smallest absolute Gasteiger partial charge is 0.0685 e. The van der Waals surface area contributed by atoms with Crippen LogP contribution >= 0.6 is 0 Å². The molecular weight excluding hydrogens is 152 g/mol. The summed E-state index contributed by atoms with van der Waals surface area (Å²) in [6.07, 6.45) is 1.03. The molecule has 0 bridgehead atoms. The fraction of sp³-hybridized carbons (Fsp3) is 0.625. The van der Waals surface area contributed by atoms with Crippen LogP contribution < -0.4 is 11.1 Å². The van der Waals surface area contributed by atoms with Crippen molar-refractivity contribution in [2.24, 2.45) is 12.8 Å². The zero-order valence-electron chi connectivity index (χ0n) is 7.30. The van der Waals surface area contributed by atoms with Gasteiger partial charge in [0.25, 0.3) is 0 Å². The number of aromatic nitrogens is 2. The van der Waals surface area contributed by atoms with Crippen molar-refractivity contribution in [2.75, 3.05) is 6.54 Å². The van der Waals surface area contributed by atoms with E-state index in [1.165, 1.54) is 11.3 Å². The Kier molecular flexibility index (Phi) is 1.86. The normalized spacial score (nSPS) is 16.2. The molecular formula is C8H14N4. The van der Waals surface area contributed by atoms with Gasteiger partial charge < -0.3 is 11.1 Å². The highest BCUT2D eigenvalue weighted by atomic mass is 15.3. The van der Waals surface area contributed by atoms with Crippen molar-refractivity contribution < 1.29 is 0 Å². The van der Waals surface area contributed by atoms with Gasteiger partial charge in [-0.2, -0.15) is 5.10 Å². The van der Waals surface area contributed by atoms with E-state index in [4.69, 9.17) is 5.73 Å². The van der Waals surface area contributed by atoms with Crippen LogP contribution in [0.3, 0.4) is 0 Å². The van der Waals surface area contributed by atoms with E-state index < -0.39 is 0 Å². The van der Waals surface area contributed by atoms with Crippen LogP contribution in [0.25, 0.3) is 0 Å². The molecule has 3 N–H and O–H groups in total. The minimum absolute atomic E-state index is 0.584. The van der Waals surface area contributed by atoms with E-state index in [2.05, 4.69) is 10.4 Å². The maximum Gasteiger partial charge on any atom is 0.0685 e. The fourth-order valence-corrected chi connectivity index (χ4v) is 1.74. The highest BCUT2D eigenvalue weighted by Gasteiger charge is 2.17. The number of hydrogen-bond donors (Lipinski definition) is 2. The summed E-state index contributed by atoms with van der Waals surface area (Å²) in [4.78, 5) is 0. The highest BCUT2D eigenvalue weighted by molar-refractivity contribution is 5.28. The Morgan fingerprint density at radius 3 is 3.25 bits per heavy atom. The van der Waals surface area contributed by atoms with E-state index >= 15 is 0 Å². The Morgan fingerprint density at radius 2 is 2.50 bits per heavy atom. The van der Waals surface area contributed by atoms with Crippen molar-refractivity contribution in [1.29, 1.82) is 0 Å². The average Bonchev–Trinajstić information content (AvgIpc) is 2.40. The molecule has 1 aliphatic rings. The van der Waals surface area contributed by atoms with Gasteiger partial charge in [0.2, 0.25) is 0 Å². The summed E-state index contributed by atoms with van der Waals surface area (Å²) in [5, 5.41) is 7.74. The molecule has 4 nitrogen and oxygen atoms in total. The summed E-state index contributed by atoms with van der Waals surface area (Å²) in [7, 11) is 1.96. The molecule has 66 valence electrons. The summed E-state index contributed by atoms with van der Waals surface area (Å²) in [6, 6.07) is 0. The summed E-state index contributed by atoms with van der Waals surface area (Å²) >= 11 is 0. The maximum atomic E-state index is 5.63. The third-order valence-corrected chi connectivity index (χ3v) is 2.39. The first-order valence-electron chi connectivity index (χ1n) is 4.27. The van der Waals surface area contributed by atoms with Crippen LogP contribution in [-0.4, -0.2) is 16.3 Å². The molecule has 0 aliphatic carbocycles. The number of nitrogens with one attached hydrogen (secondary N) is 1. The summed E-state index contributed by atoms with van der Waals surface area (Å²) in [6.45, 7) is 2.55. The molecule has 0 saturated carbocycles. The first-order chi connectivity index (χ1) is 5.83. The molecule has 1 aromatic heterocycles. The zero-order chi connectivity index (χ0) is 8.55. The van der Waals surface area contributed by atoms with Crippen molar-refractivity contribution in [2.45, 2.75) is 19.5 Å². The van der Waals surface area contributed by atoms with Gasteiger partial charge in [0.1, 0.15) is 0 Å². The molecule has 0 unspecified atom stereocenters. The molecule has 0 atom stereocenters. The van der Waals surface area contributed by atoms with E-state index in [1.807, 2.05) is 11.7 Å². The van der Waals surface area contributed by atoms with Crippen LogP contribution in [0.5, 0.6) is 0 Å². The van der Waals surface area contributed by atoms with Crippen molar-refractivity contribution in [3.05, 3.63) is 17.0 Å². The quantitative estimate of drug-likeness (QED) is 0.592. The predicted molar refractivity (Wildman–Crippen MR) is 46.5 cm³/mol. The fourth-order valence-electron chi connectivity index (χ4n) is 1.74. The first-order valence-corrected chi connectivity index (χ1v) is 4.27. The molecule has 1 aromatic rings. The van der Waals surface area contributed by atoms with Gasteiger partial charge in [0.05, 0.1) is 11.4 Å². The van der Waals surface area contributed by atoms with Crippen LogP contribution in [0, 0.1) is 0 Å². The second kappa shape index (κ2) is 2.88. The van der Waals surface area contributed by atoms with Gasteiger partial charge in [-0.1, -0.05) is 0 Å². The molecule has 12 heavy (non-hydrogen) atoms. The Labute approximate surface area is 71.7 Å². The van der Waals surface area contributed by atoms with E-state index in [9.17, 15) is 0 Å². The minimum atomic E-state index is 0.584. The lowest BCUT2D eigenvalue weighted by Crippen LogP contribution is -2.24. The lowest BCUT2D eigenvalue weighted by Gasteiger charge is -2.11. The van der Waals surface area contributed by atoms with Crippen molar-refractivity contribution >= 4 is 0 Å². The average molecular weight is 166 g/mol. The SMILES string of the molecule is Cn1nc2c(c1CN)CNCC2. The molecule has 0 fully saturated rings. The third-order valence-electron chi connectivity index (χ3n) is 2.39. The molecule has 2 heterocycles. The molecule has 0 saturated heterocycles. The van der Waals surface area contributed by atoms with Crippen LogP contribution in [0.1, 0.15) is 17.0 Å². The van der Waals surface area contributed by atoms with Crippen molar-refractivity contribution in [1.82, 2.24) is 15.1 Å². The Bertz CT molecular complexity index is 289. The summed E-state index contributed by atoms with van der Waals surface area (Å²) in [5.41, 5.74) is 9.33. The molecule has 0 aromatic carbocycles. The van der Waals surface area contributed by atoms with Crippen molar-refractivity contribution in [3.8, 4) is 0 Å². The number of hydrogen-bond acceptors (Lipinski definition) is 3. The lowest BCUT2D eigenvalue weighted by atomic mass is 10.1. The van der Waals surface area contributed by atoms with Crippen LogP contribution in [0.4, 0.5) is 0 Å². The monoisotopic (exact) mass is 166 g/mol. The highest BCUT2D eigenvalue weighted by Crippen LogP contribution is 2.16. The van der Waals surface area contributed by atoms with E-state index in [-0.39, 0.29) is 0 Å². The molecule has 0 spiro atoms. The second-order valence-corrected chi connectivity index (χ2v) is 3.13. The van der Waals surface area contributed by atoms with Gasteiger partial charge in [0.15, 0.2) is 0 Å². The molecule has 0 radical (unpaired) electrons. The van der Waals surface area contributed by atoms with Gasteiger partial charge in [-0.15, -0.1) is 0 Å². The van der Waals surface area contributed by atoms with Gasteiger partial charge in [-0.25, -0.2) is 0 Å². The lowest BCUT2D eigenvalue weighted by molar-refractivity contribution is 0.632. The topological polar surface area (TPSA) is 55.9 Å². The van der Waals surface area contributed by atoms with Crippen LogP contribution in [-0.2, 0) is 26.6 Å². The maximum absolute atomic E-state index is 5.63. The number of nitrogens with zero attached hydrogens (tertiary/aromatic N) is 2. The van der Waals surface area contributed by atoms with Gasteiger partial charge >= 0.3 is 0 Å². The standard InChI is InChI=1S/C8H14N4/c1-12-8(4-9)6-5-10-3-2-7(6)11-12/h10H,2-5,9H2,1H3. The summed E-state index contributed by atoms with van der Waals surface area (Å²) in [5.74, 6) is 0. The van der Waals surface area contributed by atoms with Gasteiger partial charge in [-0.05, 0) is 0 Å². The Hall–Kier alpha value is -0.870. The van der Waals surface area contributed by atoms with Gasteiger partial charge in [0, 0.05) is 38.7 Å². The van der Waals surface area contributed by atoms with E-state index in [0.29, 0.717) is 6.54 Å². The van der Waals surface area contributed by atoms with Crippen molar-refractivity contribution in [3.63, 3.8) is 0 Å². The largest absolute Gasteiger partial charge is 0.325 e. The number of fused-ring (bicyclic) bond motifs is 1. The third kappa shape index (κ3) is 1.04. The Morgan fingerprint density at radius 1 is 1.67 bits per heavy atom. The molecule has 1 aliphatic heterocycles. The molecule has 0 amide bonds.